The molecule has 4 heteroatoms. The molecule has 0 fully saturated rings. The number of carbonyl (C=O) groups excluding carboxylic acids is 1. The molecule has 2 aromatic rings. The van der Waals surface area contributed by atoms with Gasteiger partial charge < -0.3 is 14.8 Å². The van der Waals surface area contributed by atoms with Gasteiger partial charge in [0.1, 0.15) is 11.5 Å². The lowest BCUT2D eigenvalue weighted by molar-refractivity contribution is -0.127. The molecule has 1 atom stereocenters. The van der Waals surface area contributed by atoms with E-state index >= 15 is 0 Å². The molecule has 0 radical (unpaired) electrons. The van der Waals surface area contributed by atoms with Crippen LogP contribution in [0.4, 0.5) is 0 Å². The van der Waals surface area contributed by atoms with E-state index < -0.39 is 6.10 Å². The second kappa shape index (κ2) is 8.08. The van der Waals surface area contributed by atoms with Crippen molar-refractivity contribution in [3.8, 4) is 11.5 Å². The summed E-state index contributed by atoms with van der Waals surface area (Å²) in [5.41, 5.74) is 0.992. The molecule has 0 bridgehead atoms. The molecule has 0 aliphatic carbocycles. The number of rotatable bonds is 7. The van der Waals surface area contributed by atoms with Gasteiger partial charge in [-0.1, -0.05) is 30.3 Å². The Hall–Kier alpha value is -2.49. The van der Waals surface area contributed by atoms with Crippen LogP contribution in [0.1, 0.15) is 19.4 Å². The van der Waals surface area contributed by atoms with Crippen LogP contribution in [-0.2, 0) is 11.3 Å². The molecule has 1 amide bonds. The van der Waals surface area contributed by atoms with Gasteiger partial charge in [0.15, 0.2) is 6.10 Å². The van der Waals surface area contributed by atoms with Gasteiger partial charge in [-0.2, -0.15) is 0 Å². The maximum Gasteiger partial charge on any atom is 0.261 e. The van der Waals surface area contributed by atoms with E-state index in [1.807, 2.05) is 61.5 Å². The lowest BCUT2D eigenvalue weighted by atomic mass is 10.2. The largest absolute Gasteiger partial charge is 0.494 e. The number of nitrogens with one attached hydrogen (secondary N) is 1. The molecule has 0 saturated carbocycles. The fourth-order valence-corrected chi connectivity index (χ4v) is 2.00. The van der Waals surface area contributed by atoms with Crippen molar-refractivity contribution in [2.45, 2.75) is 26.5 Å². The molecule has 0 aliphatic heterocycles. The fourth-order valence-electron chi connectivity index (χ4n) is 2.00. The van der Waals surface area contributed by atoms with E-state index in [-0.39, 0.29) is 5.91 Å². The minimum Gasteiger partial charge on any atom is -0.494 e. The number of amides is 1. The highest BCUT2D eigenvalue weighted by Gasteiger charge is 2.14. The fraction of sp³-hybridized carbons (Fsp3) is 0.278. The Morgan fingerprint density at radius 2 is 1.82 bits per heavy atom. The number of hydrogen-bond donors (Lipinski definition) is 1. The quantitative estimate of drug-likeness (QED) is 0.854. The van der Waals surface area contributed by atoms with E-state index in [1.54, 1.807) is 6.92 Å². The van der Waals surface area contributed by atoms with E-state index in [2.05, 4.69) is 5.32 Å². The summed E-state index contributed by atoms with van der Waals surface area (Å²) in [4.78, 5) is 12.1. The molecule has 22 heavy (non-hydrogen) atoms. The first-order chi connectivity index (χ1) is 10.7. The Labute approximate surface area is 131 Å². The zero-order valence-electron chi connectivity index (χ0n) is 12.9. The first-order valence-electron chi connectivity index (χ1n) is 7.40. The number of carbonyl (C=O) groups is 1. The SMILES string of the molecule is CCOc1cccc(CNC(=O)[C@@H](C)Oc2ccccc2)c1. The second-order valence-electron chi connectivity index (χ2n) is 4.87. The summed E-state index contributed by atoms with van der Waals surface area (Å²) in [5, 5.41) is 2.87. The number of benzene rings is 2. The molecule has 0 spiro atoms. The smallest absolute Gasteiger partial charge is 0.261 e. The van der Waals surface area contributed by atoms with E-state index in [9.17, 15) is 4.79 Å². The highest BCUT2D eigenvalue weighted by atomic mass is 16.5. The van der Waals surface area contributed by atoms with Crippen molar-refractivity contribution in [3.63, 3.8) is 0 Å². The van der Waals surface area contributed by atoms with Gasteiger partial charge in [0.25, 0.3) is 5.91 Å². The highest BCUT2D eigenvalue weighted by Crippen LogP contribution is 2.14. The van der Waals surface area contributed by atoms with Crippen LogP contribution in [0.25, 0.3) is 0 Å². The van der Waals surface area contributed by atoms with Gasteiger partial charge in [-0.3, -0.25) is 4.79 Å². The minimum atomic E-state index is -0.544. The van der Waals surface area contributed by atoms with Gasteiger partial charge in [0.05, 0.1) is 6.61 Å². The van der Waals surface area contributed by atoms with Crippen molar-refractivity contribution in [3.05, 3.63) is 60.2 Å². The van der Waals surface area contributed by atoms with Crippen LogP contribution in [0.5, 0.6) is 11.5 Å². The normalized spacial score (nSPS) is 11.5. The van der Waals surface area contributed by atoms with Crippen molar-refractivity contribution in [2.24, 2.45) is 0 Å². The van der Waals surface area contributed by atoms with Gasteiger partial charge in [-0.25, -0.2) is 0 Å². The monoisotopic (exact) mass is 299 g/mol. The first kappa shape index (κ1) is 15.9. The number of hydrogen-bond acceptors (Lipinski definition) is 3. The van der Waals surface area contributed by atoms with Crippen LogP contribution in [0, 0.1) is 0 Å². The molecule has 4 nitrogen and oxygen atoms in total. The maximum atomic E-state index is 12.1. The molecule has 0 unspecified atom stereocenters. The number of para-hydroxylation sites is 1. The lowest BCUT2D eigenvalue weighted by Crippen LogP contribution is -2.35. The zero-order valence-corrected chi connectivity index (χ0v) is 12.9. The third-order valence-corrected chi connectivity index (χ3v) is 3.10. The predicted molar refractivity (Wildman–Crippen MR) is 86.0 cm³/mol. The Balaban J connectivity index is 1.85. The molecule has 2 aromatic carbocycles. The van der Waals surface area contributed by atoms with E-state index in [4.69, 9.17) is 9.47 Å². The molecule has 1 N–H and O–H groups in total. The van der Waals surface area contributed by atoms with Crippen molar-refractivity contribution >= 4 is 5.91 Å². The predicted octanol–water partition coefficient (Wildman–Crippen LogP) is 3.17. The minimum absolute atomic E-state index is 0.148. The van der Waals surface area contributed by atoms with Crippen LogP contribution < -0.4 is 14.8 Å². The third kappa shape index (κ3) is 4.81. The molecule has 0 aliphatic rings. The highest BCUT2D eigenvalue weighted by molar-refractivity contribution is 5.80. The van der Waals surface area contributed by atoms with Crippen LogP contribution in [-0.4, -0.2) is 18.6 Å². The molecule has 0 aromatic heterocycles. The summed E-state index contributed by atoms with van der Waals surface area (Å²) in [6.45, 7) is 4.75. The van der Waals surface area contributed by atoms with Crippen LogP contribution >= 0.6 is 0 Å². The van der Waals surface area contributed by atoms with Crippen LogP contribution in [0.2, 0.25) is 0 Å². The van der Waals surface area contributed by atoms with Gasteiger partial charge in [-0.05, 0) is 43.7 Å². The van der Waals surface area contributed by atoms with Crippen molar-refractivity contribution in [1.82, 2.24) is 5.32 Å². The van der Waals surface area contributed by atoms with Crippen molar-refractivity contribution in [1.29, 1.82) is 0 Å². The summed E-state index contributed by atoms with van der Waals surface area (Å²) in [6.07, 6.45) is -0.544. The summed E-state index contributed by atoms with van der Waals surface area (Å²) < 4.78 is 11.0. The van der Waals surface area contributed by atoms with Gasteiger partial charge in [0, 0.05) is 6.54 Å². The van der Waals surface area contributed by atoms with E-state index in [1.165, 1.54) is 0 Å². The second-order valence-corrected chi connectivity index (χ2v) is 4.87. The molecule has 0 saturated heterocycles. The van der Waals surface area contributed by atoms with Crippen LogP contribution in [0.15, 0.2) is 54.6 Å². The molecule has 116 valence electrons. The Kier molecular flexibility index (Phi) is 5.83. The zero-order chi connectivity index (χ0) is 15.8. The van der Waals surface area contributed by atoms with Gasteiger partial charge in [-0.15, -0.1) is 0 Å². The average molecular weight is 299 g/mol. The topological polar surface area (TPSA) is 47.6 Å². The van der Waals surface area contributed by atoms with E-state index in [0.29, 0.717) is 18.9 Å². The van der Waals surface area contributed by atoms with Crippen LogP contribution in [0.3, 0.4) is 0 Å². The standard InChI is InChI=1S/C18H21NO3/c1-3-21-17-11-7-8-15(12-17)13-19-18(20)14(2)22-16-9-5-4-6-10-16/h4-12,14H,3,13H2,1-2H3,(H,19,20)/t14-/m1/s1. The number of ether oxygens (including phenoxy) is 2. The maximum absolute atomic E-state index is 12.1. The summed E-state index contributed by atoms with van der Waals surface area (Å²) >= 11 is 0. The van der Waals surface area contributed by atoms with Gasteiger partial charge in [0.2, 0.25) is 0 Å². The van der Waals surface area contributed by atoms with Gasteiger partial charge >= 0.3 is 0 Å². The van der Waals surface area contributed by atoms with E-state index in [0.717, 1.165) is 11.3 Å². The third-order valence-electron chi connectivity index (χ3n) is 3.10. The Morgan fingerprint density at radius 1 is 1.09 bits per heavy atom. The summed E-state index contributed by atoms with van der Waals surface area (Å²) in [7, 11) is 0. The molecular weight excluding hydrogens is 278 g/mol. The Bertz CT molecular complexity index is 598. The first-order valence-corrected chi connectivity index (χ1v) is 7.40. The average Bonchev–Trinajstić information content (AvgIpc) is 2.54. The van der Waals surface area contributed by atoms with Crippen molar-refractivity contribution < 1.29 is 14.3 Å². The molecule has 2 rings (SSSR count). The van der Waals surface area contributed by atoms with Crippen molar-refractivity contribution in [2.75, 3.05) is 6.61 Å². The Morgan fingerprint density at radius 3 is 2.55 bits per heavy atom. The summed E-state index contributed by atoms with van der Waals surface area (Å²) in [6, 6.07) is 17.0. The summed E-state index contributed by atoms with van der Waals surface area (Å²) in [5.74, 6) is 1.34. The molecule has 0 heterocycles. The lowest BCUT2D eigenvalue weighted by Gasteiger charge is -2.15. The molecular formula is C18H21NO3.